The molecule has 4 heteroatoms. The van der Waals surface area contributed by atoms with Gasteiger partial charge >= 0.3 is 0 Å². The predicted molar refractivity (Wildman–Crippen MR) is 58.7 cm³/mol. The van der Waals surface area contributed by atoms with Crippen LogP contribution in [0.3, 0.4) is 0 Å². The Morgan fingerprint density at radius 1 is 1.50 bits per heavy atom. The molecule has 0 spiro atoms. The standard InChI is InChI=1S/C10H11NO2S/c1-13-9-7(5-12)3-2-6-4-8(11)14-10(6)9/h2-4,12H,5,11H2,1H3. The fraction of sp³-hybridized carbons (Fsp3) is 0.200. The Morgan fingerprint density at radius 3 is 2.93 bits per heavy atom. The van der Waals surface area contributed by atoms with Gasteiger partial charge in [0.1, 0.15) is 5.75 Å². The number of hydrogen-bond donors (Lipinski definition) is 2. The highest BCUT2D eigenvalue weighted by Crippen LogP contribution is 2.37. The van der Waals surface area contributed by atoms with Gasteiger partial charge < -0.3 is 15.6 Å². The lowest BCUT2D eigenvalue weighted by molar-refractivity contribution is 0.274. The van der Waals surface area contributed by atoms with Gasteiger partial charge in [-0.05, 0) is 11.5 Å². The third-order valence-corrected chi connectivity index (χ3v) is 3.10. The molecule has 0 fully saturated rings. The number of rotatable bonds is 2. The first-order chi connectivity index (χ1) is 6.76. The number of hydrogen-bond acceptors (Lipinski definition) is 4. The van der Waals surface area contributed by atoms with Gasteiger partial charge in [0, 0.05) is 5.56 Å². The lowest BCUT2D eigenvalue weighted by Gasteiger charge is -2.06. The number of aliphatic hydroxyl groups is 1. The summed E-state index contributed by atoms with van der Waals surface area (Å²) in [5.74, 6) is 0.728. The van der Waals surface area contributed by atoms with Crippen molar-refractivity contribution in [3.05, 3.63) is 23.8 Å². The Labute approximate surface area is 85.7 Å². The molecule has 2 rings (SSSR count). The molecule has 0 amide bonds. The van der Waals surface area contributed by atoms with Gasteiger partial charge in [0.15, 0.2) is 0 Å². The first-order valence-electron chi connectivity index (χ1n) is 4.22. The molecule has 0 saturated heterocycles. The van der Waals surface area contributed by atoms with Crippen molar-refractivity contribution in [2.45, 2.75) is 6.61 Å². The summed E-state index contributed by atoms with van der Waals surface area (Å²) < 4.78 is 6.25. The van der Waals surface area contributed by atoms with E-state index in [1.54, 1.807) is 7.11 Å². The quantitative estimate of drug-likeness (QED) is 0.795. The van der Waals surface area contributed by atoms with Crippen LogP contribution in [0.5, 0.6) is 5.75 Å². The average Bonchev–Trinajstić information content (AvgIpc) is 2.56. The van der Waals surface area contributed by atoms with Crippen molar-refractivity contribution in [3.8, 4) is 5.75 Å². The Hall–Kier alpha value is -1.26. The van der Waals surface area contributed by atoms with E-state index in [0.717, 1.165) is 26.4 Å². The zero-order chi connectivity index (χ0) is 10.1. The smallest absolute Gasteiger partial charge is 0.142 e. The molecular weight excluding hydrogens is 198 g/mol. The maximum atomic E-state index is 9.11. The Morgan fingerprint density at radius 2 is 2.29 bits per heavy atom. The number of anilines is 1. The summed E-state index contributed by atoms with van der Waals surface area (Å²) in [6, 6.07) is 5.70. The molecular formula is C10H11NO2S. The molecule has 2 aromatic rings. The predicted octanol–water partition coefficient (Wildman–Crippen LogP) is 1.98. The summed E-state index contributed by atoms with van der Waals surface area (Å²) in [7, 11) is 1.60. The number of nitrogen functional groups attached to an aromatic ring is 1. The minimum absolute atomic E-state index is 0.0169. The highest BCUT2D eigenvalue weighted by Gasteiger charge is 2.09. The zero-order valence-electron chi connectivity index (χ0n) is 7.78. The van der Waals surface area contributed by atoms with E-state index in [9.17, 15) is 0 Å². The van der Waals surface area contributed by atoms with Gasteiger partial charge in [0.05, 0.1) is 23.4 Å². The Balaban J connectivity index is 2.75. The molecule has 0 aliphatic carbocycles. The van der Waals surface area contributed by atoms with Crippen molar-refractivity contribution in [3.63, 3.8) is 0 Å². The number of methoxy groups -OCH3 is 1. The SMILES string of the molecule is COc1c(CO)ccc2cc(N)sc12. The van der Waals surface area contributed by atoms with Crippen LogP contribution in [-0.2, 0) is 6.61 Å². The third kappa shape index (κ3) is 1.32. The molecule has 14 heavy (non-hydrogen) atoms. The van der Waals surface area contributed by atoms with Crippen molar-refractivity contribution in [1.82, 2.24) is 0 Å². The molecule has 1 aromatic carbocycles. The summed E-state index contributed by atoms with van der Waals surface area (Å²) in [6.45, 7) is -0.0169. The molecule has 1 heterocycles. The molecule has 0 unspecified atom stereocenters. The number of benzene rings is 1. The second-order valence-corrected chi connectivity index (χ2v) is 4.07. The van der Waals surface area contributed by atoms with Crippen LogP contribution in [0.25, 0.3) is 10.1 Å². The summed E-state index contributed by atoms with van der Waals surface area (Å²) >= 11 is 1.47. The molecule has 0 aliphatic rings. The molecule has 0 atom stereocenters. The van der Waals surface area contributed by atoms with Crippen LogP contribution in [0.1, 0.15) is 5.56 Å². The van der Waals surface area contributed by atoms with Gasteiger partial charge in [-0.2, -0.15) is 0 Å². The van der Waals surface area contributed by atoms with Crippen molar-refractivity contribution in [1.29, 1.82) is 0 Å². The highest BCUT2D eigenvalue weighted by atomic mass is 32.1. The highest BCUT2D eigenvalue weighted by molar-refractivity contribution is 7.23. The molecule has 0 radical (unpaired) electrons. The second kappa shape index (κ2) is 3.48. The van der Waals surface area contributed by atoms with Crippen molar-refractivity contribution in [2.24, 2.45) is 0 Å². The minimum atomic E-state index is -0.0169. The van der Waals surface area contributed by atoms with E-state index in [2.05, 4.69) is 0 Å². The monoisotopic (exact) mass is 209 g/mol. The average molecular weight is 209 g/mol. The first-order valence-corrected chi connectivity index (χ1v) is 5.03. The summed E-state index contributed by atoms with van der Waals surface area (Å²) in [5, 5.41) is 10.9. The minimum Gasteiger partial charge on any atom is -0.495 e. The van der Waals surface area contributed by atoms with E-state index in [1.807, 2.05) is 18.2 Å². The number of nitrogens with two attached hydrogens (primary N) is 1. The van der Waals surface area contributed by atoms with E-state index in [1.165, 1.54) is 11.3 Å². The third-order valence-electron chi connectivity index (χ3n) is 2.12. The van der Waals surface area contributed by atoms with Crippen molar-refractivity contribution < 1.29 is 9.84 Å². The number of thiophene rings is 1. The number of aliphatic hydroxyl groups excluding tert-OH is 1. The summed E-state index contributed by atoms with van der Waals surface area (Å²) in [5.41, 5.74) is 6.50. The van der Waals surface area contributed by atoms with Crippen molar-refractivity contribution >= 4 is 26.4 Å². The van der Waals surface area contributed by atoms with E-state index in [4.69, 9.17) is 15.6 Å². The summed E-state index contributed by atoms with van der Waals surface area (Å²) in [6.07, 6.45) is 0. The van der Waals surface area contributed by atoms with Gasteiger partial charge in [0.25, 0.3) is 0 Å². The van der Waals surface area contributed by atoms with Gasteiger partial charge in [-0.1, -0.05) is 12.1 Å². The number of fused-ring (bicyclic) bond motifs is 1. The molecule has 0 bridgehead atoms. The largest absolute Gasteiger partial charge is 0.495 e. The number of ether oxygens (including phenoxy) is 1. The Kier molecular flexibility index (Phi) is 2.31. The van der Waals surface area contributed by atoms with Crippen LogP contribution in [0.2, 0.25) is 0 Å². The van der Waals surface area contributed by atoms with Crippen LogP contribution >= 0.6 is 11.3 Å². The maximum absolute atomic E-state index is 9.11. The molecule has 0 aliphatic heterocycles. The zero-order valence-corrected chi connectivity index (χ0v) is 8.60. The van der Waals surface area contributed by atoms with Crippen LogP contribution in [0.4, 0.5) is 5.00 Å². The molecule has 74 valence electrons. The van der Waals surface area contributed by atoms with Crippen LogP contribution in [0.15, 0.2) is 18.2 Å². The van der Waals surface area contributed by atoms with Gasteiger partial charge in [-0.25, -0.2) is 0 Å². The van der Waals surface area contributed by atoms with E-state index < -0.39 is 0 Å². The van der Waals surface area contributed by atoms with Gasteiger partial charge in [0.2, 0.25) is 0 Å². The molecule has 3 N–H and O–H groups in total. The fourth-order valence-corrected chi connectivity index (χ4v) is 2.46. The molecule has 0 saturated carbocycles. The van der Waals surface area contributed by atoms with E-state index in [-0.39, 0.29) is 6.61 Å². The second-order valence-electron chi connectivity index (χ2n) is 2.98. The lowest BCUT2D eigenvalue weighted by Crippen LogP contribution is -1.91. The first kappa shape index (κ1) is 9.30. The fourth-order valence-electron chi connectivity index (χ4n) is 1.49. The maximum Gasteiger partial charge on any atom is 0.142 e. The van der Waals surface area contributed by atoms with Crippen molar-refractivity contribution in [2.75, 3.05) is 12.8 Å². The molecule has 3 nitrogen and oxygen atoms in total. The van der Waals surface area contributed by atoms with E-state index in [0.29, 0.717) is 0 Å². The normalized spacial score (nSPS) is 10.7. The Bertz CT molecular complexity index is 464. The van der Waals surface area contributed by atoms with Crippen LogP contribution in [-0.4, -0.2) is 12.2 Å². The van der Waals surface area contributed by atoms with E-state index >= 15 is 0 Å². The summed E-state index contributed by atoms with van der Waals surface area (Å²) in [4.78, 5) is 0. The van der Waals surface area contributed by atoms with Gasteiger partial charge in [-0.3, -0.25) is 0 Å². The van der Waals surface area contributed by atoms with Gasteiger partial charge in [-0.15, -0.1) is 11.3 Å². The van der Waals surface area contributed by atoms with Crippen LogP contribution in [0, 0.1) is 0 Å². The van der Waals surface area contributed by atoms with Crippen LogP contribution < -0.4 is 10.5 Å². The lowest BCUT2D eigenvalue weighted by atomic mass is 10.1. The topological polar surface area (TPSA) is 55.5 Å². The molecule has 1 aromatic heterocycles.